The standard InChI is InChI=1S/C10H13NO2S/c1-3-4-9-5-7-10(8-6-9)11-14(2,12)13/h3-8,11H,1-2H3/b4-3+. The molecule has 0 saturated heterocycles. The van der Waals surface area contributed by atoms with Crippen molar-refractivity contribution in [2.45, 2.75) is 6.92 Å². The van der Waals surface area contributed by atoms with E-state index in [2.05, 4.69) is 4.72 Å². The van der Waals surface area contributed by atoms with Crippen molar-refractivity contribution in [2.75, 3.05) is 11.0 Å². The van der Waals surface area contributed by atoms with E-state index in [9.17, 15) is 8.42 Å². The van der Waals surface area contributed by atoms with E-state index in [1.807, 2.05) is 31.2 Å². The van der Waals surface area contributed by atoms with Crippen LogP contribution in [-0.4, -0.2) is 14.7 Å². The summed E-state index contributed by atoms with van der Waals surface area (Å²) in [6, 6.07) is 7.17. The van der Waals surface area contributed by atoms with Gasteiger partial charge in [-0.3, -0.25) is 4.72 Å². The minimum atomic E-state index is -3.17. The third kappa shape index (κ3) is 3.62. The van der Waals surface area contributed by atoms with Crippen LogP contribution < -0.4 is 4.72 Å². The smallest absolute Gasteiger partial charge is 0.229 e. The molecule has 1 rings (SSSR count). The predicted molar refractivity (Wildman–Crippen MR) is 59.6 cm³/mol. The highest BCUT2D eigenvalue weighted by molar-refractivity contribution is 7.92. The first kappa shape index (κ1) is 10.8. The van der Waals surface area contributed by atoms with Crippen LogP contribution in [0.3, 0.4) is 0 Å². The lowest BCUT2D eigenvalue weighted by molar-refractivity contribution is 0.607. The van der Waals surface area contributed by atoms with Gasteiger partial charge in [0.2, 0.25) is 10.0 Å². The molecule has 0 bridgehead atoms. The van der Waals surface area contributed by atoms with Gasteiger partial charge < -0.3 is 0 Å². The van der Waals surface area contributed by atoms with E-state index < -0.39 is 10.0 Å². The third-order valence-corrected chi connectivity index (χ3v) is 2.18. The highest BCUT2D eigenvalue weighted by Gasteiger charge is 1.99. The zero-order valence-corrected chi connectivity index (χ0v) is 9.01. The topological polar surface area (TPSA) is 46.2 Å². The van der Waals surface area contributed by atoms with Crippen molar-refractivity contribution in [1.29, 1.82) is 0 Å². The normalized spacial score (nSPS) is 11.9. The van der Waals surface area contributed by atoms with Crippen molar-refractivity contribution in [3.8, 4) is 0 Å². The summed E-state index contributed by atoms with van der Waals surface area (Å²) in [7, 11) is -3.17. The number of rotatable bonds is 3. The number of anilines is 1. The maximum atomic E-state index is 10.9. The Morgan fingerprint density at radius 2 is 1.79 bits per heavy atom. The molecule has 0 fully saturated rings. The lowest BCUT2D eigenvalue weighted by Crippen LogP contribution is -2.09. The molecule has 0 aliphatic carbocycles. The zero-order chi connectivity index (χ0) is 10.6. The minimum Gasteiger partial charge on any atom is -0.284 e. The molecule has 0 spiro atoms. The first-order valence-corrected chi connectivity index (χ1v) is 6.11. The number of sulfonamides is 1. The minimum absolute atomic E-state index is 0.584. The van der Waals surface area contributed by atoms with E-state index in [-0.39, 0.29) is 0 Å². The molecule has 0 aliphatic rings. The molecular formula is C10H13NO2S. The van der Waals surface area contributed by atoms with Gasteiger partial charge in [0.25, 0.3) is 0 Å². The summed E-state index contributed by atoms with van der Waals surface area (Å²) < 4.78 is 24.2. The fraction of sp³-hybridized carbons (Fsp3) is 0.200. The molecule has 0 unspecified atom stereocenters. The third-order valence-electron chi connectivity index (χ3n) is 1.57. The second kappa shape index (κ2) is 4.28. The Morgan fingerprint density at radius 3 is 2.21 bits per heavy atom. The Balaban J connectivity index is 2.84. The molecule has 0 aliphatic heterocycles. The molecule has 1 N–H and O–H groups in total. The maximum absolute atomic E-state index is 10.9. The van der Waals surface area contributed by atoms with Crippen LogP contribution in [0.15, 0.2) is 30.3 Å². The summed E-state index contributed by atoms with van der Waals surface area (Å²) in [6.07, 6.45) is 5.01. The predicted octanol–water partition coefficient (Wildman–Crippen LogP) is 2.09. The van der Waals surface area contributed by atoms with E-state index in [0.29, 0.717) is 5.69 Å². The first-order valence-electron chi connectivity index (χ1n) is 4.22. The first-order chi connectivity index (χ1) is 6.51. The summed E-state index contributed by atoms with van der Waals surface area (Å²) in [5.74, 6) is 0. The molecule has 0 saturated carbocycles. The van der Waals surface area contributed by atoms with Gasteiger partial charge >= 0.3 is 0 Å². The molecule has 14 heavy (non-hydrogen) atoms. The van der Waals surface area contributed by atoms with Gasteiger partial charge in [-0.15, -0.1) is 0 Å². The van der Waals surface area contributed by atoms with Crippen molar-refractivity contribution in [3.05, 3.63) is 35.9 Å². The van der Waals surface area contributed by atoms with Crippen LogP contribution in [0.1, 0.15) is 12.5 Å². The molecule has 1 aromatic carbocycles. The van der Waals surface area contributed by atoms with Gasteiger partial charge in [-0.1, -0.05) is 24.3 Å². The van der Waals surface area contributed by atoms with Gasteiger partial charge in [0.15, 0.2) is 0 Å². The van der Waals surface area contributed by atoms with Crippen LogP contribution in [0.5, 0.6) is 0 Å². The second-order valence-electron chi connectivity index (χ2n) is 3.00. The van der Waals surface area contributed by atoms with Crippen LogP contribution >= 0.6 is 0 Å². The van der Waals surface area contributed by atoms with E-state index in [4.69, 9.17) is 0 Å². The number of hydrogen-bond donors (Lipinski definition) is 1. The van der Waals surface area contributed by atoms with E-state index >= 15 is 0 Å². The fourth-order valence-electron chi connectivity index (χ4n) is 1.07. The average Bonchev–Trinajstić information content (AvgIpc) is 2.06. The summed E-state index contributed by atoms with van der Waals surface area (Å²) in [4.78, 5) is 0. The van der Waals surface area contributed by atoms with Gasteiger partial charge in [-0.2, -0.15) is 0 Å². The molecular weight excluding hydrogens is 198 g/mol. The van der Waals surface area contributed by atoms with Crippen molar-refractivity contribution >= 4 is 21.8 Å². The molecule has 1 aromatic rings. The molecule has 0 amide bonds. The van der Waals surface area contributed by atoms with Crippen LogP contribution in [0, 0.1) is 0 Å². The van der Waals surface area contributed by atoms with E-state index in [1.54, 1.807) is 12.1 Å². The van der Waals surface area contributed by atoms with Crippen LogP contribution in [-0.2, 0) is 10.0 Å². The largest absolute Gasteiger partial charge is 0.284 e. The summed E-state index contributed by atoms with van der Waals surface area (Å²) >= 11 is 0. The van der Waals surface area contributed by atoms with Crippen molar-refractivity contribution in [3.63, 3.8) is 0 Å². The Labute approximate surface area is 84.5 Å². The van der Waals surface area contributed by atoms with Crippen LogP contribution in [0.4, 0.5) is 5.69 Å². The molecule has 0 atom stereocenters. The fourth-order valence-corrected chi connectivity index (χ4v) is 1.63. The quantitative estimate of drug-likeness (QED) is 0.832. The Hall–Kier alpha value is -1.29. The number of benzene rings is 1. The Bertz CT molecular complexity index is 418. The molecule has 4 heteroatoms. The second-order valence-corrected chi connectivity index (χ2v) is 4.74. The van der Waals surface area contributed by atoms with Gasteiger partial charge in [0.05, 0.1) is 6.26 Å². The highest BCUT2D eigenvalue weighted by atomic mass is 32.2. The molecule has 0 radical (unpaired) electrons. The van der Waals surface area contributed by atoms with Crippen LogP contribution in [0.25, 0.3) is 6.08 Å². The number of hydrogen-bond acceptors (Lipinski definition) is 2. The summed E-state index contributed by atoms with van der Waals surface area (Å²) in [5.41, 5.74) is 1.63. The monoisotopic (exact) mass is 211 g/mol. The van der Waals surface area contributed by atoms with E-state index in [0.717, 1.165) is 11.8 Å². The van der Waals surface area contributed by atoms with Gasteiger partial charge in [-0.25, -0.2) is 8.42 Å². The summed E-state index contributed by atoms with van der Waals surface area (Å²) in [5, 5.41) is 0. The molecule has 76 valence electrons. The average molecular weight is 211 g/mol. The summed E-state index contributed by atoms with van der Waals surface area (Å²) in [6.45, 7) is 1.93. The Kier molecular flexibility index (Phi) is 3.30. The molecule has 3 nitrogen and oxygen atoms in total. The number of nitrogens with one attached hydrogen (secondary N) is 1. The van der Waals surface area contributed by atoms with Crippen LogP contribution in [0.2, 0.25) is 0 Å². The van der Waals surface area contributed by atoms with Crippen molar-refractivity contribution < 1.29 is 8.42 Å². The molecule has 0 aromatic heterocycles. The van der Waals surface area contributed by atoms with Gasteiger partial charge in [0.1, 0.15) is 0 Å². The van der Waals surface area contributed by atoms with Gasteiger partial charge in [0, 0.05) is 5.69 Å². The van der Waals surface area contributed by atoms with Gasteiger partial charge in [-0.05, 0) is 24.6 Å². The number of allylic oxidation sites excluding steroid dienone is 1. The Morgan fingerprint density at radius 1 is 1.21 bits per heavy atom. The lowest BCUT2D eigenvalue weighted by Gasteiger charge is -2.03. The molecule has 0 heterocycles. The lowest BCUT2D eigenvalue weighted by atomic mass is 10.2. The SMILES string of the molecule is C/C=C/c1ccc(NS(C)(=O)=O)cc1. The zero-order valence-electron chi connectivity index (χ0n) is 8.19. The van der Waals surface area contributed by atoms with Crippen molar-refractivity contribution in [2.24, 2.45) is 0 Å². The maximum Gasteiger partial charge on any atom is 0.229 e. The highest BCUT2D eigenvalue weighted by Crippen LogP contribution is 2.11. The van der Waals surface area contributed by atoms with E-state index in [1.165, 1.54) is 0 Å². The van der Waals surface area contributed by atoms with Crippen molar-refractivity contribution in [1.82, 2.24) is 0 Å².